The summed E-state index contributed by atoms with van der Waals surface area (Å²) >= 11 is 11.9. The number of carbonyl (C=O) groups excluding carboxylic acids is 2. The third-order valence-electron chi connectivity index (χ3n) is 3.99. The van der Waals surface area contributed by atoms with Gasteiger partial charge < -0.3 is 0 Å². The van der Waals surface area contributed by atoms with Gasteiger partial charge in [-0.15, -0.1) is 11.6 Å². The molecule has 3 nitrogen and oxygen atoms in total. The SMILES string of the molecule is C[C@@H](c1cc(F)cc(Cl)c1CCl)N1C(=O)c2ccccc2C1=O. The van der Waals surface area contributed by atoms with Crippen molar-refractivity contribution in [1.82, 2.24) is 4.90 Å². The Morgan fingerprint density at radius 3 is 2.22 bits per heavy atom. The second kappa shape index (κ2) is 5.95. The maximum Gasteiger partial charge on any atom is 0.262 e. The molecule has 1 aliphatic rings. The van der Waals surface area contributed by atoms with Gasteiger partial charge in [0.05, 0.1) is 17.2 Å². The van der Waals surface area contributed by atoms with Gasteiger partial charge in [-0.3, -0.25) is 14.5 Å². The minimum absolute atomic E-state index is 0.0575. The normalized spacial score (nSPS) is 15.0. The Kier molecular flexibility index (Phi) is 4.13. The highest BCUT2D eigenvalue weighted by atomic mass is 35.5. The number of hydrogen-bond donors (Lipinski definition) is 0. The molecule has 6 heteroatoms. The third kappa shape index (κ3) is 2.52. The molecule has 1 aliphatic heterocycles. The number of benzene rings is 2. The summed E-state index contributed by atoms with van der Waals surface area (Å²) in [5.74, 6) is -1.29. The first-order valence-electron chi connectivity index (χ1n) is 6.96. The molecule has 0 saturated heterocycles. The van der Waals surface area contributed by atoms with Crippen molar-refractivity contribution in [1.29, 1.82) is 0 Å². The molecule has 0 fully saturated rings. The van der Waals surface area contributed by atoms with Gasteiger partial charge in [-0.1, -0.05) is 23.7 Å². The van der Waals surface area contributed by atoms with Gasteiger partial charge in [0.1, 0.15) is 5.82 Å². The van der Waals surface area contributed by atoms with Gasteiger partial charge in [-0.2, -0.15) is 0 Å². The Labute approximate surface area is 142 Å². The second-order valence-electron chi connectivity index (χ2n) is 5.29. The zero-order chi connectivity index (χ0) is 16.7. The maximum atomic E-state index is 13.7. The van der Waals surface area contributed by atoms with E-state index >= 15 is 0 Å². The molecular weight excluding hydrogens is 340 g/mol. The van der Waals surface area contributed by atoms with Crippen LogP contribution in [0.1, 0.15) is 44.8 Å². The van der Waals surface area contributed by atoms with E-state index in [4.69, 9.17) is 23.2 Å². The van der Waals surface area contributed by atoms with E-state index in [1.165, 1.54) is 6.07 Å². The number of amides is 2. The molecule has 0 radical (unpaired) electrons. The molecule has 1 heterocycles. The summed E-state index contributed by atoms with van der Waals surface area (Å²) in [4.78, 5) is 26.2. The molecule has 0 aliphatic carbocycles. The van der Waals surface area contributed by atoms with Crippen LogP contribution in [0.3, 0.4) is 0 Å². The van der Waals surface area contributed by atoms with Crippen molar-refractivity contribution < 1.29 is 14.0 Å². The number of alkyl halides is 1. The zero-order valence-corrected chi connectivity index (χ0v) is 13.7. The Morgan fingerprint density at radius 2 is 1.70 bits per heavy atom. The van der Waals surface area contributed by atoms with Crippen molar-refractivity contribution in [3.63, 3.8) is 0 Å². The van der Waals surface area contributed by atoms with Crippen LogP contribution in [0.4, 0.5) is 4.39 Å². The molecule has 2 amide bonds. The molecule has 0 N–H and O–H groups in total. The van der Waals surface area contributed by atoms with Crippen LogP contribution in [-0.4, -0.2) is 16.7 Å². The lowest BCUT2D eigenvalue weighted by Gasteiger charge is -2.25. The predicted octanol–water partition coefficient (Wildman–Crippen LogP) is 4.58. The van der Waals surface area contributed by atoms with Crippen molar-refractivity contribution in [3.8, 4) is 0 Å². The Balaban J connectivity index is 2.08. The lowest BCUT2D eigenvalue weighted by atomic mass is 10.0. The largest absolute Gasteiger partial charge is 0.269 e. The Bertz CT molecular complexity index is 787. The number of nitrogens with zero attached hydrogens (tertiary/aromatic N) is 1. The summed E-state index contributed by atoms with van der Waals surface area (Å²) in [6, 6.07) is 8.34. The van der Waals surface area contributed by atoms with Crippen LogP contribution in [0.15, 0.2) is 36.4 Å². The molecule has 0 unspecified atom stereocenters. The first-order chi connectivity index (χ1) is 11.0. The summed E-state index contributed by atoms with van der Waals surface area (Å²) < 4.78 is 13.7. The molecule has 118 valence electrons. The van der Waals surface area contributed by atoms with Crippen LogP contribution in [0, 0.1) is 5.82 Å². The molecule has 23 heavy (non-hydrogen) atoms. The van der Waals surface area contributed by atoms with Crippen LogP contribution in [0.25, 0.3) is 0 Å². The van der Waals surface area contributed by atoms with Gasteiger partial charge in [-0.05, 0) is 42.3 Å². The summed E-state index contributed by atoms with van der Waals surface area (Å²) in [6.45, 7) is 1.66. The van der Waals surface area contributed by atoms with Crippen LogP contribution >= 0.6 is 23.2 Å². The number of rotatable bonds is 3. The number of hydrogen-bond acceptors (Lipinski definition) is 2. The van der Waals surface area contributed by atoms with E-state index in [1.807, 2.05) is 0 Å². The van der Waals surface area contributed by atoms with Crippen LogP contribution in [-0.2, 0) is 5.88 Å². The summed E-state index contributed by atoms with van der Waals surface area (Å²) in [5.41, 5.74) is 1.64. The average molecular weight is 352 g/mol. The molecule has 1 atom stereocenters. The fourth-order valence-corrected chi connectivity index (χ4v) is 3.48. The fraction of sp³-hybridized carbons (Fsp3) is 0.176. The molecule has 3 rings (SSSR count). The van der Waals surface area contributed by atoms with E-state index in [0.29, 0.717) is 22.3 Å². The van der Waals surface area contributed by atoms with Crippen molar-refractivity contribution in [2.45, 2.75) is 18.8 Å². The molecule has 2 aromatic carbocycles. The number of halogens is 3. The van der Waals surface area contributed by atoms with Crippen molar-refractivity contribution in [2.75, 3.05) is 0 Å². The fourth-order valence-electron chi connectivity index (χ4n) is 2.84. The van der Waals surface area contributed by atoms with E-state index < -0.39 is 23.7 Å². The monoisotopic (exact) mass is 351 g/mol. The van der Waals surface area contributed by atoms with Crippen LogP contribution in [0.2, 0.25) is 5.02 Å². The summed E-state index contributed by atoms with van der Waals surface area (Å²) in [5, 5.41) is 0.179. The molecule has 0 spiro atoms. The Morgan fingerprint density at radius 1 is 1.13 bits per heavy atom. The number of imide groups is 1. The molecule has 0 bridgehead atoms. The van der Waals surface area contributed by atoms with Crippen molar-refractivity contribution >= 4 is 35.0 Å². The first kappa shape index (κ1) is 16.0. The highest BCUT2D eigenvalue weighted by Crippen LogP contribution is 2.35. The first-order valence-corrected chi connectivity index (χ1v) is 7.87. The second-order valence-corrected chi connectivity index (χ2v) is 5.97. The lowest BCUT2D eigenvalue weighted by molar-refractivity contribution is 0.0594. The standard InChI is InChI=1S/C17H12Cl2FNO2/c1-9(13-6-10(20)7-15(19)14(13)8-18)21-16(22)11-4-2-3-5-12(11)17(21)23/h2-7,9H,8H2,1H3/t9-/m0/s1. The topological polar surface area (TPSA) is 37.4 Å². The van der Waals surface area contributed by atoms with Crippen LogP contribution < -0.4 is 0 Å². The number of carbonyl (C=O) groups is 2. The van der Waals surface area contributed by atoms with Crippen molar-refractivity contribution in [2.24, 2.45) is 0 Å². The van der Waals surface area contributed by atoms with E-state index in [0.717, 1.165) is 11.0 Å². The number of fused-ring (bicyclic) bond motifs is 1. The predicted molar refractivity (Wildman–Crippen MR) is 86.3 cm³/mol. The quantitative estimate of drug-likeness (QED) is 0.599. The van der Waals surface area contributed by atoms with Gasteiger partial charge in [0.2, 0.25) is 0 Å². The zero-order valence-electron chi connectivity index (χ0n) is 12.1. The third-order valence-corrected chi connectivity index (χ3v) is 4.60. The summed E-state index contributed by atoms with van der Waals surface area (Å²) in [7, 11) is 0. The molecular formula is C17H12Cl2FNO2. The van der Waals surface area contributed by atoms with Crippen molar-refractivity contribution in [3.05, 3.63) is 69.5 Å². The van der Waals surface area contributed by atoms with Gasteiger partial charge in [-0.25, -0.2) is 4.39 Å². The van der Waals surface area contributed by atoms with Gasteiger partial charge >= 0.3 is 0 Å². The van der Waals surface area contributed by atoms with Crippen LogP contribution in [0.5, 0.6) is 0 Å². The molecule has 0 aromatic heterocycles. The van der Waals surface area contributed by atoms with E-state index in [-0.39, 0.29) is 10.9 Å². The van der Waals surface area contributed by atoms with E-state index in [9.17, 15) is 14.0 Å². The minimum Gasteiger partial charge on any atom is -0.269 e. The molecule has 0 saturated carbocycles. The lowest BCUT2D eigenvalue weighted by Crippen LogP contribution is -2.33. The average Bonchev–Trinajstić information content (AvgIpc) is 2.78. The molecule has 2 aromatic rings. The highest BCUT2D eigenvalue weighted by Gasteiger charge is 2.39. The highest BCUT2D eigenvalue weighted by molar-refractivity contribution is 6.32. The van der Waals surface area contributed by atoms with E-state index in [2.05, 4.69) is 0 Å². The van der Waals surface area contributed by atoms with Gasteiger partial charge in [0.25, 0.3) is 11.8 Å². The van der Waals surface area contributed by atoms with Gasteiger partial charge in [0, 0.05) is 10.9 Å². The van der Waals surface area contributed by atoms with Gasteiger partial charge in [0.15, 0.2) is 0 Å². The summed E-state index contributed by atoms with van der Waals surface area (Å²) in [6.07, 6.45) is 0. The van der Waals surface area contributed by atoms with E-state index in [1.54, 1.807) is 31.2 Å². The minimum atomic E-state index is -0.677. The maximum absolute atomic E-state index is 13.7. The smallest absolute Gasteiger partial charge is 0.262 e. The Hall–Kier alpha value is -1.91.